The number of benzene rings is 1. The Morgan fingerprint density at radius 1 is 1.22 bits per heavy atom. The smallest absolute Gasteiger partial charge is 0.181 e. The van der Waals surface area contributed by atoms with Crippen molar-refractivity contribution in [2.75, 3.05) is 0 Å². The van der Waals surface area contributed by atoms with Gasteiger partial charge in [-0.25, -0.2) is 4.98 Å². The van der Waals surface area contributed by atoms with Crippen LogP contribution in [0.4, 0.5) is 0 Å². The summed E-state index contributed by atoms with van der Waals surface area (Å²) in [6.07, 6.45) is 5.02. The molecule has 1 aromatic heterocycles. The summed E-state index contributed by atoms with van der Waals surface area (Å²) in [5, 5.41) is 8.05. The van der Waals surface area contributed by atoms with E-state index < -0.39 is 0 Å². The summed E-state index contributed by atoms with van der Waals surface area (Å²) in [5.74, 6) is 2.28. The third-order valence-corrected chi connectivity index (χ3v) is 4.04. The Morgan fingerprint density at radius 3 is 2.72 bits per heavy atom. The zero-order valence-corrected chi connectivity index (χ0v) is 12.1. The van der Waals surface area contributed by atoms with Crippen molar-refractivity contribution in [3.05, 3.63) is 33.5 Å². The van der Waals surface area contributed by atoms with E-state index in [1.54, 1.807) is 0 Å². The lowest BCUT2D eigenvalue weighted by Crippen LogP contribution is -1.94. The first kappa shape index (κ1) is 12.2. The third kappa shape index (κ3) is 2.45. The van der Waals surface area contributed by atoms with E-state index in [1.807, 2.05) is 18.2 Å². The SMILES string of the molecule is Clc1cc(Br)cc(-c2n[nH]c(C3CCCC3)n2)c1. The van der Waals surface area contributed by atoms with E-state index in [9.17, 15) is 0 Å². The molecule has 1 aliphatic carbocycles. The highest BCUT2D eigenvalue weighted by Crippen LogP contribution is 2.33. The van der Waals surface area contributed by atoms with Crippen LogP contribution in [0, 0.1) is 0 Å². The zero-order chi connectivity index (χ0) is 12.5. The first-order valence-electron chi connectivity index (χ1n) is 6.11. The zero-order valence-electron chi connectivity index (χ0n) is 9.79. The van der Waals surface area contributed by atoms with Gasteiger partial charge in [0.1, 0.15) is 5.82 Å². The van der Waals surface area contributed by atoms with E-state index in [2.05, 4.69) is 31.1 Å². The molecule has 18 heavy (non-hydrogen) atoms. The molecule has 0 spiro atoms. The predicted octanol–water partition coefficient (Wildman–Crippen LogP) is 4.55. The van der Waals surface area contributed by atoms with Gasteiger partial charge in [-0.1, -0.05) is 40.4 Å². The summed E-state index contributed by atoms with van der Waals surface area (Å²) in [7, 11) is 0. The maximum atomic E-state index is 6.04. The van der Waals surface area contributed by atoms with Crippen LogP contribution in [-0.4, -0.2) is 15.2 Å². The standard InChI is InChI=1S/C13H13BrClN3/c14-10-5-9(6-11(15)7-10)13-16-12(17-18-13)8-3-1-2-4-8/h5-8H,1-4H2,(H,16,17,18). The Kier molecular flexibility index (Phi) is 3.39. The number of rotatable bonds is 2. The molecule has 0 bridgehead atoms. The monoisotopic (exact) mass is 325 g/mol. The second-order valence-electron chi connectivity index (χ2n) is 4.68. The summed E-state index contributed by atoms with van der Waals surface area (Å²) in [6.45, 7) is 0. The first-order chi connectivity index (χ1) is 8.72. The van der Waals surface area contributed by atoms with Crippen molar-refractivity contribution >= 4 is 27.5 Å². The van der Waals surface area contributed by atoms with Crippen molar-refractivity contribution in [1.29, 1.82) is 0 Å². The summed E-state index contributed by atoms with van der Waals surface area (Å²) in [6, 6.07) is 5.72. The fourth-order valence-corrected chi connectivity index (χ4v) is 3.33. The molecule has 1 fully saturated rings. The van der Waals surface area contributed by atoms with Crippen molar-refractivity contribution in [2.45, 2.75) is 31.6 Å². The van der Waals surface area contributed by atoms with Crippen LogP contribution in [0.25, 0.3) is 11.4 Å². The van der Waals surface area contributed by atoms with Crippen molar-refractivity contribution in [2.24, 2.45) is 0 Å². The normalized spacial score (nSPS) is 16.3. The summed E-state index contributed by atoms with van der Waals surface area (Å²) < 4.78 is 0.942. The highest BCUT2D eigenvalue weighted by Gasteiger charge is 2.20. The largest absolute Gasteiger partial charge is 0.262 e. The van der Waals surface area contributed by atoms with Crippen LogP contribution >= 0.6 is 27.5 Å². The van der Waals surface area contributed by atoms with Gasteiger partial charge in [0.25, 0.3) is 0 Å². The Hall–Kier alpha value is -0.870. The van der Waals surface area contributed by atoms with Gasteiger partial charge in [0.2, 0.25) is 0 Å². The topological polar surface area (TPSA) is 41.6 Å². The number of hydrogen-bond donors (Lipinski definition) is 1. The van der Waals surface area contributed by atoms with Crippen LogP contribution < -0.4 is 0 Å². The predicted molar refractivity (Wildman–Crippen MR) is 75.7 cm³/mol. The minimum absolute atomic E-state index is 0.550. The minimum Gasteiger partial charge on any atom is -0.262 e. The molecule has 0 aliphatic heterocycles. The van der Waals surface area contributed by atoms with Crippen LogP contribution in [0.3, 0.4) is 0 Å². The lowest BCUT2D eigenvalue weighted by Gasteiger charge is -2.02. The lowest BCUT2D eigenvalue weighted by molar-refractivity contribution is 0.672. The molecule has 0 amide bonds. The van der Waals surface area contributed by atoms with Crippen LogP contribution in [-0.2, 0) is 0 Å². The van der Waals surface area contributed by atoms with Crippen molar-refractivity contribution in [3.63, 3.8) is 0 Å². The van der Waals surface area contributed by atoms with Crippen LogP contribution in [0.15, 0.2) is 22.7 Å². The Labute approximate surface area is 119 Å². The summed E-state index contributed by atoms with van der Waals surface area (Å²) >= 11 is 9.47. The van der Waals surface area contributed by atoms with Gasteiger partial charge in [0.15, 0.2) is 5.82 Å². The van der Waals surface area contributed by atoms with E-state index in [0.29, 0.717) is 10.9 Å². The average Bonchev–Trinajstić information content (AvgIpc) is 2.99. The molecule has 94 valence electrons. The minimum atomic E-state index is 0.550. The van der Waals surface area contributed by atoms with Gasteiger partial charge in [-0.3, -0.25) is 5.10 Å². The average molecular weight is 327 g/mol. The first-order valence-corrected chi connectivity index (χ1v) is 7.28. The molecule has 1 heterocycles. The molecule has 1 aromatic carbocycles. The number of aromatic nitrogens is 3. The maximum absolute atomic E-state index is 6.04. The summed E-state index contributed by atoms with van der Waals surface area (Å²) in [4.78, 5) is 4.60. The molecule has 5 heteroatoms. The van der Waals surface area contributed by atoms with Gasteiger partial charge in [-0.2, -0.15) is 5.10 Å². The van der Waals surface area contributed by atoms with Crippen LogP contribution in [0.1, 0.15) is 37.4 Å². The van der Waals surface area contributed by atoms with Crippen molar-refractivity contribution < 1.29 is 0 Å². The van der Waals surface area contributed by atoms with Gasteiger partial charge in [0.05, 0.1) is 0 Å². The fourth-order valence-electron chi connectivity index (χ4n) is 2.47. The molecule has 1 saturated carbocycles. The maximum Gasteiger partial charge on any atom is 0.181 e. The van der Waals surface area contributed by atoms with Crippen LogP contribution in [0.5, 0.6) is 0 Å². The molecular weight excluding hydrogens is 314 g/mol. The number of halogens is 2. The summed E-state index contributed by atoms with van der Waals surface area (Å²) in [5.41, 5.74) is 0.940. The second kappa shape index (κ2) is 5.02. The van der Waals surface area contributed by atoms with Gasteiger partial charge >= 0.3 is 0 Å². The molecule has 1 N–H and O–H groups in total. The molecule has 3 rings (SSSR count). The van der Waals surface area contributed by atoms with Gasteiger partial charge in [0, 0.05) is 21.0 Å². The van der Waals surface area contributed by atoms with Crippen LogP contribution in [0.2, 0.25) is 5.02 Å². The van der Waals surface area contributed by atoms with Crippen molar-refractivity contribution in [3.8, 4) is 11.4 Å². The number of nitrogens with one attached hydrogen (secondary N) is 1. The molecule has 1 aliphatic rings. The number of hydrogen-bond acceptors (Lipinski definition) is 2. The Balaban J connectivity index is 1.92. The van der Waals surface area contributed by atoms with E-state index >= 15 is 0 Å². The molecular formula is C13H13BrClN3. The van der Waals surface area contributed by atoms with E-state index in [1.165, 1.54) is 25.7 Å². The molecule has 0 saturated heterocycles. The highest BCUT2D eigenvalue weighted by molar-refractivity contribution is 9.10. The molecule has 0 radical (unpaired) electrons. The number of aromatic amines is 1. The molecule has 0 unspecified atom stereocenters. The quantitative estimate of drug-likeness (QED) is 0.880. The molecule has 0 atom stereocenters. The Morgan fingerprint density at radius 2 is 2.00 bits per heavy atom. The highest BCUT2D eigenvalue weighted by atomic mass is 79.9. The van der Waals surface area contributed by atoms with Gasteiger partial charge in [-0.05, 0) is 31.0 Å². The van der Waals surface area contributed by atoms with E-state index in [4.69, 9.17) is 11.6 Å². The Bertz CT molecular complexity index is 541. The second-order valence-corrected chi connectivity index (χ2v) is 6.04. The van der Waals surface area contributed by atoms with Gasteiger partial charge < -0.3 is 0 Å². The van der Waals surface area contributed by atoms with E-state index in [-0.39, 0.29) is 0 Å². The van der Waals surface area contributed by atoms with Crippen molar-refractivity contribution in [1.82, 2.24) is 15.2 Å². The molecule has 2 aromatic rings. The number of H-pyrrole nitrogens is 1. The van der Waals surface area contributed by atoms with Gasteiger partial charge in [-0.15, -0.1) is 0 Å². The molecule has 3 nitrogen and oxygen atoms in total. The fraction of sp³-hybridized carbons (Fsp3) is 0.385. The third-order valence-electron chi connectivity index (χ3n) is 3.37. The number of nitrogens with zero attached hydrogens (tertiary/aromatic N) is 2. The lowest BCUT2D eigenvalue weighted by atomic mass is 10.1. The van der Waals surface area contributed by atoms with E-state index in [0.717, 1.165) is 21.7 Å².